The van der Waals surface area contributed by atoms with Gasteiger partial charge in [-0.05, 0) is 39.9 Å². The van der Waals surface area contributed by atoms with Crippen molar-refractivity contribution in [1.82, 2.24) is 9.80 Å². The lowest BCUT2D eigenvalue weighted by Crippen LogP contribution is -2.47. The van der Waals surface area contributed by atoms with Crippen LogP contribution < -0.4 is 0 Å². The van der Waals surface area contributed by atoms with Gasteiger partial charge in [0.05, 0.1) is 6.10 Å². The fourth-order valence-corrected chi connectivity index (χ4v) is 2.05. The van der Waals surface area contributed by atoms with Gasteiger partial charge in [-0.25, -0.2) is 0 Å². The van der Waals surface area contributed by atoms with E-state index in [0.29, 0.717) is 6.04 Å². The van der Waals surface area contributed by atoms with Crippen LogP contribution in [0.5, 0.6) is 0 Å². The quantitative estimate of drug-likeness (QED) is 0.726. The van der Waals surface area contributed by atoms with Crippen molar-refractivity contribution in [2.24, 2.45) is 0 Å². The van der Waals surface area contributed by atoms with E-state index in [9.17, 15) is 5.11 Å². The van der Waals surface area contributed by atoms with Gasteiger partial charge in [-0.3, -0.25) is 4.90 Å². The first kappa shape index (κ1) is 12.0. The zero-order valence-electron chi connectivity index (χ0n) is 9.74. The Morgan fingerprint density at radius 3 is 2.79 bits per heavy atom. The van der Waals surface area contributed by atoms with Gasteiger partial charge in [0, 0.05) is 19.1 Å². The number of piperidine rings is 1. The molecule has 0 saturated carbocycles. The third kappa shape index (κ3) is 3.56. The maximum Gasteiger partial charge on any atom is 0.0664 e. The molecule has 1 heterocycles. The van der Waals surface area contributed by atoms with Crippen molar-refractivity contribution in [3.8, 4) is 0 Å². The molecular weight excluding hydrogens is 176 g/mol. The SMILES string of the molecule is CCC(O)CN1CCCC(N(C)C)C1. The minimum absolute atomic E-state index is 0.143. The van der Waals surface area contributed by atoms with E-state index in [1.54, 1.807) is 0 Å². The van der Waals surface area contributed by atoms with Crippen LogP contribution in [0.1, 0.15) is 26.2 Å². The largest absolute Gasteiger partial charge is 0.392 e. The molecule has 1 aliphatic heterocycles. The van der Waals surface area contributed by atoms with Gasteiger partial charge in [-0.2, -0.15) is 0 Å². The molecule has 0 bridgehead atoms. The topological polar surface area (TPSA) is 26.7 Å². The molecule has 2 atom stereocenters. The monoisotopic (exact) mass is 200 g/mol. The molecule has 84 valence electrons. The maximum absolute atomic E-state index is 9.58. The van der Waals surface area contributed by atoms with E-state index >= 15 is 0 Å². The fraction of sp³-hybridized carbons (Fsp3) is 1.00. The summed E-state index contributed by atoms with van der Waals surface area (Å²) in [5.41, 5.74) is 0. The fourth-order valence-electron chi connectivity index (χ4n) is 2.05. The van der Waals surface area contributed by atoms with Crippen LogP contribution in [0.25, 0.3) is 0 Å². The average molecular weight is 200 g/mol. The van der Waals surface area contributed by atoms with Crippen LogP contribution in [-0.4, -0.2) is 60.8 Å². The van der Waals surface area contributed by atoms with E-state index in [4.69, 9.17) is 0 Å². The Morgan fingerprint density at radius 1 is 1.50 bits per heavy atom. The minimum Gasteiger partial charge on any atom is -0.392 e. The van der Waals surface area contributed by atoms with E-state index in [1.807, 2.05) is 6.92 Å². The predicted octanol–water partition coefficient (Wildman–Crippen LogP) is 0.783. The number of nitrogens with zero attached hydrogens (tertiary/aromatic N) is 2. The van der Waals surface area contributed by atoms with Gasteiger partial charge in [-0.15, -0.1) is 0 Å². The molecule has 0 aromatic heterocycles. The lowest BCUT2D eigenvalue weighted by molar-refractivity contribution is 0.0706. The molecule has 14 heavy (non-hydrogen) atoms. The molecule has 0 aromatic rings. The summed E-state index contributed by atoms with van der Waals surface area (Å²) in [6, 6.07) is 0.674. The standard InChI is InChI=1S/C11H24N2O/c1-4-11(14)9-13-7-5-6-10(8-13)12(2)3/h10-11,14H,4-9H2,1-3H3. The Labute approximate surface area is 87.7 Å². The Balaban J connectivity index is 2.32. The first-order chi connectivity index (χ1) is 6.63. The number of likely N-dealkylation sites (tertiary alicyclic amines) is 1. The zero-order chi connectivity index (χ0) is 10.6. The maximum atomic E-state index is 9.58. The summed E-state index contributed by atoms with van der Waals surface area (Å²) >= 11 is 0. The van der Waals surface area contributed by atoms with Gasteiger partial charge in [0.25, 0.3) is 0 Å². The number of hydrogen-bond donors (Lipinski definition) is 1. The molecule has 0 spiro atoms. The predicted molar refractivity (Wildman–Crippen MR) is 59.4 cm³/mol. The van der Waals surface area contributed by atoms with E-state index in [0.717, 1.165) is 26.1 Å². The lowest BCUT2D eigenvalue weighted by Gasteiger charge is -2.36. The van der Waals surface area contributed by atoms with E-state index in [1.165, 1.54) is 12.8 Å². The van der Waals surface area contributed by atoms with Gasteiger partial charge >= 0.3 is 0 Å². The summed E-state index contributed by atoms with van der Waals surface area (Å²) in [5.74, 6) is 0. The lowest BCUT2D eigenvalue weighted by atomic mass is 10.0. The molecular formula is C11H24N2O. The summed E-state index contributed by atoms with van der Waals surface area (Å²) < 4.78 is 0. The van der Waals surface area contributed by atoms with Crippen molar-refractivity contribution in [3.05, 3.63) is 0 Å². The van der Waals surface area contributed by atoms with Crippen molar-refractivity contribution in [3.63, 3.8) is 0 Å². The highest BCUT2D eigenvalue weighted by Crippen LogP contribution is 2.14. The van der Waals surface area contributed by atoms with E-state index < -0.39 is 0 Å². The van der Waals surface area contributed by atoms with Crippen molar-refractivity contribution in [1.29, 1.82) is 0 Å². The molecule has 1 rings (SSSR count). The Bertz CT molecular complexity index is 161. The number of β-amino-alcohol motifs (C(OH)–C–C–N with tert-alkyl or cyclic N) is 1. The average Bonchev–Trinajstić information content (AvgIpc) is 2.18. The molecule has 0 aliphatic carbocycles. The summed E-state index contributed by atoms with van der Waals surface area (Å²) in [6.07, 6.45) is 3.28. The van der Waals surface area contributed by atoms with Crippen LogP contribution in [0.3, 0.4) is 0 Å². The van der Waals surface area contributed by atoms with Gasteiger partial charge in [0.2, 0.25) is 0 Å². The van der Waals surface area contributed by atoms with Crippen molar-refractivity contribution in [2.45, 2.75) is 38.3 Å². The molecule has 0 amide bonds. The van der Waals surface area contributed by atoms with Crippen molar-refractivity contribution in [2.75, 3.05) is 33.7 Å². The van der Waals surface area contributed by atoms with Crippen molar-refractivity contribution < 1.29 is 5.11 Å². The zero-order valence-corrected chi connectivity index (χ0v) is 9.74. The highest BCUT2D eigenvalue weighted by atomic mass is 16.3. The minimum atomic E-state index is -0.143. The highest BCUT2D eigenvalue weighted by molar-refractivity contribution is 4.78. The van der Waals surface area contributed by atoms with Crippen LogP contribution in [0.2, 0.25) is 0 Å². The first-order valence-corrected chi connectivity index (χ1v) is 5.70. The molecule has 1 aliphatic rings. The molecule has 2 unspecified atom stereocenters. The molecule has 3 heteroatoms. The summed E-state index contributed by atoms with van der Waals surface area (Å²) in [4.78, 5) is 4.69. The van der Waals surface area contributed by atoms with Gasteiger partial charge < -0.3 is 10.0 Å². The molecule has 3 nitrogen and oxygen atoms in total. The van der Waals surface area contributed by atoms with Crippen LogP contribution >= 0.6 is 0 Å². The second-order valence-electron chi connectivity index (χ2n) is 4.58. The van der Waals surface area contributed by atoms with Crippen LogP contribution in [0.4, 0.5) is 0 Å². The molecule has 1 saturated heterocycles. The van der Waals surface area contributed by atoms with Crippen LogP contribution in [0, 0.1) is 0 Å². The van der Waals surface area contributed by atoms with Crippen molar-refractivity contribution >= 4 is 0 Å². The second-order valence-corrected chi connectivity index (χ2v) is 4.58. The number of likely N-dealkylation sites (N-methyl/N-ethyl adjacent to an activating group) is 1. The Morgan fingerprint density at radius 2 is 2.21 bits per heavy atom. The molecule has 1 N–H and O–H groups in total. The van der Waals surface area contributed by atoms with E-state index in [2.05, 4.69) is 23.9 Å². The van der Waals surface area contributed by atoms with Gasteiger partial charge in [-0.1, -0.05) is 6.92 Å². The first-order valence-electron chi connectivity index (χ1n) is 5.70. The molecule has 1 fully saturated rings. The van der Waals surface area contributed by atoms with Crippen LogP contribution in [-0.2, 0) is 0 Å². The third-order valence-corrected chi connectivity index (χ3v) is 3.15. The number of aliphatic hydroxyl groups excluding tert-OH is 1. The van der Waals surface area contributed by atoms with E-state index in [-0.39, 0.29) is 6.10 Å². The Kier molecular flexibility index (Phi) is 4.85. The Hall–Kier alpha value is -0.120. The highest BCUT2D eigenvalue weighted by Gasteiger charge is 2.22. The smallest absolute Gasteiger partial charge is 0.0664 e. The van der Waals surface area contributed by atoms with Crippen LogP contribution in [0.15, 0.2) is 0 Å². The summed E-state index contributed by atoms with van der Waals surface area (Å²) in [6.45, 7) is 5.16. The second kappa shape index (κ2) is 5.69. The normalized spacial score (nSPS) is 26.8. The summed E-state index contributed by atoms with van der Waals surface area (Å²) in [7, 11) is 4.29. The third-order valence-electron chi connectivity index (χ3n) is 3.15. The number of rotatable bonds is 4. The number of hydrogen-bond acceptors (Lipinski definition) is 3. The molecule has 0 radical (unpaired) electrons. The molecule has 0 aromatic carbocycles. The van der Waals surface area contributed by atoms with Gasteiger partial charge in [0.15, 0.2) is 0 Å². The van der Waals surface area contributed by atoms with Gasteiger partial charge in [0.1, 0.15) is 0 Å². The summed E-state index contributed by atoms with van der Waals surface area (Å²) in [5, 5.41) is 9.58. The number of aliphatic hydroxyl groups is 1.